The van der Waals surface area contributed by atoms with Crippen LogP contribution in [-0.4, -0.2) is 36.7 Å². The highest BCUT2D eigenvalue weighted by Crippen LogP contribution is 2.33. The normalized spacial score (nSPS) is 15.0. The molecule has 0 bridgehead atoms. The Morgan fingerprint density at radius 1 is 1.41 bits per heavy atom. The van der Waals surface area contributed by atoms with Crippen LogP contribution in [0.3, 0.4) is 0 Å². The zero-order valence-electron chi connectivity index (χ0n) is 12.3. The molecular formula is C15H19ClN2O4. The zero-order valence-corrected chi connectivity index (χ0v) is 13.0. The molecule has 0 aliphatic heterocycles. The second-order valence-electron chi connectivity index (χ2n) is 5.25. The summed E-state index contributed by atoms with van der Waals surface area (Å²) in [6.45, 7) is 0.271. The van der Waals surface area contributed by atoms with Crippen molar-refractivity contribution in [3.8, 4) is 5.75 Å². The Morgan fingerprint density at radius 2 is 2.14 bits per heavy atom. The van der Waals surface area contributed by atoms with Crippen molar-refractivity contribution in [3.05, 3.63) is 23.2 Å². The number of nitrogens with one attached hydrogen (secondary N) is 2. The molecule has 0 saturated heterocycles. The summed E-state index contributed by atoms with van der Waals surface area (Å²) in [7, 11) is 1.49. The van der Waals surface area contributed by atoms with E-state index < -0.39 is 17.9 Å². The lowest BCUT2D eigenvalue weighted by Gasteiger charge is -2.10. The Bertz CT molecular complexity index is 560. The van der Waals surface area contributed by atoms with E-state index in [1.54, 1.807) is 12.1 Å². The van der Waals surface area contributed by atoms with E-state index in [4.69, 9.17) is 16.3 Å². The van der Waals surface area contributed by atoms with Gasteiger partial charge in [-0.1, -0.05) is 11.6 Å². The number of carbonyl (C=O) groups excluding carboxylic acids is 2. The molecule has 6 nitrogen and oxygen atoms in total. The van der Waals surface area contributed by atoms with E-state index in [1.807, 2.05) is 0 Å². The molecule has 1 fully saturated rings. The molecule has 2 rings (SSSR count). The largest absolute Gasteiger partial charge is 0.495 e. The predicted molar refractivity (Wildman–Crippen MR) is 83.0 cm³/mol. The molecule has 1 aliphatic carbocycles. The maximum atomic E-state index is 11.7. The first-order valence-electron chi connectivity index (χ1n) is 7.12. The number of ether oxygens (including phenoxy) is 1. The highest BCUT2D eigenvalue weighted by Gasteiger charge is 2.29. The molecule has 0 spiro atoms. The fraction of sp³-hybridized carbons (Fsp3) is 0.467. The standard InChI is InChI=1S/C15H19ClN2O4/c1-22-13-5-4-10(8-11(13)16)18-15(21)14(20)17-7-6-12(19)9-2-3-9/h4-5,8-9,12,19H,2-3,6-7H2,1H3,(H,17,20)(H,18,21)/t12-/m0/s1. The lowest BCUT2D eigenvalue weighted by molar-refractivity contribution is -0.136. The van der Waals surface area contributed by atoms with Gasteiger partial charge in [0.25, 0.3) is 0 Å². The first-order chi connectivity index (χ1) is 10.5. The van der Waals surface area contributed by atoms with Crippen LogP contribution in [0.15, 0.2) is 18.2 Å². The van der Waals surface area contributed by atoms with E-state index in [-0.39, 0.29) is 6.54 Å². The average molecular weight is 327 g/mol. The van der Waals surface area contributed by atoms with Crippen molar-refractivity contribution in [2.45, 2.75) is 25.4 Å². The third-order valence-electron chi connectivity index (χ3n) is 3.51. The molecule has 1 aromatic carbocycles. The van der Waals surface area contributed by atoms with Crippen LogP contribution in [0.2, 0.25) is 5.02 Å². The first-order valence-corrected chi connectivity index (χ1v) is 7.50. The van der Waals surface area contributed by atoms with Gasteiger partial charge in [0.15, 0.2) is 0 Å². The second-order valence-corrected chi connectivity index (χ2v) is 5.66. The third-order valence-corrected chi connectivity index (χ3v) is 3.80. The number of hydrogen-bond acceptors (Lipinski definition) is 4. The van der Waals surface area contributed by atoms with Crippen molar-refractivity contribution >= 4 is 29.1 Å². The molecule has 3 N–H and O–H groups in total. The Morgan fingerprint density at radius 3 is 2.73 bits per heavy atom. The average Bonchev–Trinajstić information content (AvgIpc) is 3.31. The molecule has 7 heteroatoms. The van der Waals surface area contributed by atoms with Gasteiger partial charge >= 0.3 is 11.8 Å². The highest BCUT2D eigenvalue weighted by atomic mass is 35.5. The van der Waals surface area contributed by atoms with Crippen LogP contribution in [0.5, 0.6) is 5.75 Å². The number of aliphatic hydroxyl groups is 1. The molecule has 120 valence electrons. The number of carbonyl (C=O) groups is 2. The summed E-state index contributed by atoms with van der Waals surface area (Å²) in [5.41, 5.74) is 0.406. The van der Waals surface area contributed by atoms with Gasteiger partial charge in [0.1, 0.15) is 5.75 Å². The van der Waals surface area contributed by atoms with Gasteiger partial charge in [0.2, 0.25) is 0 Å². The van der Waals surface area contributed by atoms with Gasteiger partial charge in [-0.25, -0.2) is 0 Å². The van der Waals surface area contributed by atoms with Gasteiger partial charge in [0.05, 0.1) is 18.2 Å². The predicted octanol–water partition coefficient (Wildman–Crippen LogP) is 1.56. The Hall–Kier alpha value is -1.79. The smallest absolute Gasteiger partial charge is 0.313 e. The van der Waals surface area contributed by atoms with Gasteiger partial charge in [-0.05, 0) is 43.4 Å². The van der Waals surface area contributed by atoms with Crippen LogP contribution in [0, 0.1) is 5.92 Å². The van der Waals surface area contributed by atoms with Gasteiger partial charge in [-0.3, -0.25) is 9.59 Å². The number of methoxy groups -OCH3 is 1. The second kappa shape index (κ2) is 7.47. The lowest BCUT2D eigenvalue weighted by atomic mass is 10.2. The number of aliphatic hydroxyl groups excluding tert-OH is 1. The third kappa shape index (κ3) is 4.61. The van der Waals surface area contributed by atoms with Crippen LogP contribution >= 0.6 is 11.6 Å². The Balaban J connectivity index is 1.77. The summed E-state index contributed by atoms with van der Waals surface area (Å²) >= 11 is 5.94. The molecule has 1 aromatic rings. The van der Waals surface area contributed by atoms with E-state index in [0.717, 1.165) is 12.8 Å². The quantitative estimate of drug-likeness (QED) is 0.692. The minimum Gasteiger partial charge on any atom is -0.495 e. The van der Waals surface area contributed by atoms with Gasteiger partial charge < -0.3 is 20.5 Å². The van der Waals surface area contributed by atoms with Crippen molar-refractivity contribution in [1.29, 1.82) is 0 Å². The molecule has 0 aromatic heterocycles. The fourth-order valence-corrected chi connectivity index (χ4v) is 2.32. The van der Waals surface area contributed by atoms with Gasteiger partial charge in [0, 0.05) is 12.2 Å². The molecule has 2 amide bonds. The van der Waals surface area contributed by atoms with Crippen molar-refractivity contribution in [2.75, 3.05) is 19.0 Å². The first kappa shape index (κ1) is 16.6. The number of halogens is 1. The van der Waals surface area contributed by atoms with Crippen LogP contribution in [0.4, 0.5) is 5.69 Å². The van der Waals surface area contributed by atoms with E-state index >= 15 is 0 Å². The van der Waals surface area contributed by atoms with Crippen molar-refractivity contribution in [2.24, 2.45) is 5.92 Å². The van der Waals surface area contributed by atoms with Crippen LogP contribution < -0.4 is 15.4 Å². The van der Waals surface area contributed by atoms with Crippen molar-refractivity contribution in [1.82, 2.24) is 5.32 Å². The zero-order chi connectivity index (χ0) is 16.1. The van der Waals surface area contributed by atoms with E-state index in [9.17, 15) is 14.7 Å². The van der Waals surface area contributed by atoms with Crippen LogP contribution in [0.25, 0.3) is 0 Å². The summed E-state index contributed by atoms with van der Waals surface area (Å²) < 4.78 is 5.00. The minimum absolute atomic E-state index is 0.271. The molecule has 1 saturated carbocycles. The number of anilines is 1. The van der Waals surface area contributed by atoms with Crippen LogP contribution in [-0.2, 0) is 9.59 Å². The van der Waals surface area contributed by atoms with E-state index in [2.05, 4.69) is 10.6 Å². The minimum atomic E-state index is -0.776. The summed E-state index contributed by atoms with van der Waals surface area (Å²) in [5.74, 6) is -0.678. The van der Waals surface area contributed by atoms with Crippen molar-refractivity contribution < 1.29 is 19.4 Å². The highest BCUT2D eigenvalue weighted by molar-refractivity contribution is 6.40. The topological polar surface area (TPSA) is 87.7 Å². The molecule has 0 heterocycles. The van der Waals surface area contributed by atoms with E-state index in [1.165, 1.54) is 13.2 Å². The maximum absolute atomic E-state index is 11.7. The monoisotopic (exact) mass is 326 g/mol. The summed E-state index contributed by atoms with van der Waals surface area (Å²) in [6.07, 6.45) is 2.13. The van der Waals surface area contributed by atoms with Gasteiger partial charge in [-0.15, -0.1) is 0 Å². The number of benzene rings is 1. The Labute approximate surface area is 133 Å². The molecule has 1 atom stereocenters. The molecule has 1 aliphatic rings. The van der Waals surface area contributed by atoms with Gasteiger partial charge in [-0.2, -0.15) is 0 Å². The summed E-state index contributed by atoms with van der Waals surface area (Å²) in [6, 6.07) is 4.69. The summed E-state index contributed by atoms with van der Waals surface area (Å²) in [5, 5.41) is 15.0. The van der Waals surface area contributed by atoms with Crippen molar-refractivity contribution in [3.63, 3.8) is 0 Å². The number of hydrogen-bond donors (Lipinski definition) is 3. The maximum Gasteiger partial charge on any atom is 0.313 e. The Kier molecular flexibility index (Phi) is 5.63. The number of rotatable bonds is 6. The summed E-state index contributed by atoms with van der Waals surface area (Å²) in [4.78, 5) is 23.4. The molecule has 22 heavy (non-hydrogen) atoms. The van der Waals surface area contributed by atoms with E-state index in [0.29, 0.717) is 28.8 Å². The molecular weight excluding hydrogens is 308 g/mol. The lowest BCUT2D eigenvalue weighted by Crippen LogP contribution is -2.37. The SMILES string of the molecule is COc1ccc(NC(=O)C(=O)NCC[C@H](O)C2CC2)cc1Cl. The molecule has 0 unspecified atom stereocenters. The number of amides is 2. The van der Waals surface area contributed by atoms with Crippen LogP contribution in [0.1, 0.15) is 19.3 Å². The molecule has 0 radical (unpaired) electrons. The fourth-order valence-electron chi connectivity index (χ4n) is 2.06.